The van der Waals surface area contributed by atoms with Crippen LogP contribution in [0.1, 0.15) is 33.6 Å². The summed E-state index contributed by atoms with van der Waals surface area (Å²) in [6.45, 7) is 0.699. The number of carbonyl (C=O) groups is 3. The summed E-state index contributed by atoms with van der Waals surface area (Å²) in [5.74, 6) is -0.735. The molecule has 3 aromatic rings. The summed E-state index contributed by atoms with van der Waals surface area (Å²) >= 11 is 0. The Kier molecular flexibility index (Phi) is 4.33. The zero-order chi connectivity index (χ0) is 18.8. The molecular weight excluding hydrogens is 344 g/mol. The molecule has 1 saturated heterocycles. The summed E-state index contributed by atoms with van der Waals surface area (Å²) < 4.78 is 0. The van der Waals surface area contributed by atoms with Crippen LogP contribution >= 0.6 is 0 Å². The molecule has 1 aliphatic heterocycles. The summed E-state index contributed by atoms with van der Waals surface area (Å²) in [7, 11) is 0. The van der Waals surface area contributed by atoms with E-state index in [1.165, 1.54) is 0 Å². The highest BCUT2D eigenvalue weighted by molar-refractivity contribution is 6.07. The van der Waals surface area contributed by atoms with Gasteiger partial charge in [0.1, 0.15) is 0 Å². The Bertz CT molecular complexity index is 1020. The first-order valence-electron chi connectivity index (χ1n) is 8.71. The Labute approximate surface area is 155 Å². The molecule has 0 spiro atoms. The van der Waals surface area contributed by atoms with Gasteiger partial charge in [-0.1, -0.05) is 18.2 Å². The fourth-order valence-electron chi connectivity index (χ4n) is 3.23. The van der Waals surface area contributed by atoms with Crippen LogP contribution in [0.2, 0.25) is 0 Å². The number of nitrogens with zero attached hydrogens (tertiary/aromatic N) is 1. The Morgan fingerprint density at radius 1 is 0.963 bits per heavy atom. The fraction of sp³-hybridized carbons (Fsp3) is 0.150. The number of fused-ring (bicyclic) bond motifs is 1. The third-order valence-electron chi connectivity index (χ3n) is 4.64. The molecule has 0 aliphatic carbocycles. The van der Waals surface area contributed by atoms with Crippen molar-refractivity contribution in [3.8, 4) is 0 Å². The number of carbonyl (C=O) groups excluding carboxylic acids is 3. The third-order valence-corrected chi connectivity index (χ3v) is 4.64. The SMILES string of the molecule is O=C(NNC(=O)c1c[nH]c2ccccc12)c1ccc(N2CCCC2=O)cc1. The highest BCUT2D eigenvalue weighted by atomic mass is 16.2. The van der Waals surface area contributed by atoms with E-state index in [1.807, 2.05) is 24.3 Å². The summed E-state index contributed by atoms with van der Waals surface area (Å²) in [4.78, 5) is 41.1. The van der Waals surface area contributed by atoms with E-state index < -0.39 is 11.8 Å². The monoisotopic (exact) mass is 362 g/mol. The van der Waals surface area contributed by atoms with Crippen LogP contribution < -0.4 is 15.8 Å². The summed E-state index contributed by atoms with van der Waals surface area (Å²) in [5, 5.41) is 0.781. The van der Waals surface area contributed by atoms with E-state index in [4.69, 9.17) is 0 Å². The molecule has 1 aliphatic rings. The van der Waals surface area contributed by atoms with Gasteiger partial charge in [-0.3, -0.25) is 25.2 Å². The van der Waals surface area contributed by atoms with Crippen LogP contribution in [-0.2, 0) is 4.79 Å². The van der Waals surface area contributed by atoms with Crippen LogP contribution in [0.3, 0.4) is 0 Å². The summed E-state index contributed by atoms with van der Waals surface area (Å²) in [6.07, 6.45) is 3.01. The van der Waals surface area contributed by atoms with Crippen molar-refractivity contribution >= 4 is 34.3 Å². The molecule has 1 fully saturated rings. The van der Waals surface area contributed by atoms with E-state index in [9.17, 15) is 14.4 Å². The number of anilines is 1. The van der Waals surface area contributed by atoms with E-state index in [2.05, 4.69) is 15.8 Å². The predicted octanol–water partition coefficient (Wildman–Crippen LogP) is 2.37. The van der Waals surface area contributed by atoms with Crippen LogP contribution in [0, 0.1) is 0 Å². The quantitative estimate of drug-likeness (QED) is 0.624. The van der Waals surface area contributed by atoms with Gasteiger partial charge >= 0.3 is 0 Å². The number of nitrogens with one attached hydrogen (secondary N) is 3. The van der Waals surface area contributed by atoms with Crippen molar-refractivity contribution in [1.29, 1.82) is 0 Å². The second-order valence-electron chi connectivity index (χ2n) is 6.35. The van der Waals surface area contributed by atoms with Gasteiger partial charge < -0.3 is 9.88 Å². The number of rotatable bonds is 3. The molecule has 136 valence electrons. The van der Waals surface area contributed by atoms with Crippen LogP contribution in [0.5, 0.6) is 0 Å². The molecular formula is C20H18N4O3. The normalized spacial score (nSPS) is 13.8. The van der Waals surface area contributed by atoms with Gasteiger partial charge in [0.15, 0.2) is 0 Å². The second kappa shape index (κ2) is 6.95. The number of hydrogen-bond donors (Lipinski definition) is 3. The molecule has 0 unspecified atom stereocenters. The van der Waals surface area contributed by atoms with Crippen LogP contribution in [0.25, 0.3) is 10.9 Å². The lowest BCUT2D eigenvalue weighted by atomic mass is 10.1. The number of hydrazine groups is 1. The van der Waals surface area contributed by atoms with E-state index in [-0.39, 0.29) is 5.91 Å². The molecule has 1 aromatic heterocycles. The first-order chi connectivity index (χ1) is 13.1. The molecule has 0 radical (unpaired) electrons. The zero-order valence-electron chi connectivity index (χ0n) is 14.5. The van der Waals surface area contributed by atoms with Crippen molar-refractivity contribution in [2.24, 2.45) is 0 Å². The maximum Gasteiger partial charge on any atom is 0.271 e. The van der Waals surface area contributed by atoms with E-state index >= 15 is 0 Å². The highest BCUT2D eigenvalue weighted by Gasteiger charge is 2.21. The minimum Gasteiger partial charge on any atom is -0.360 e. The summed E-state index contributed by atoms with van der Waals surface area (Å²) in [6, 6.07) is 14.2. The van der Waals surface area contributed by atoms with Gasteiger partial charge in [-0.05, 0) is 36.8 Å². The van der Waals surface area contributed by atoms with Crippen LogP contribution in [0.15, 0.2) is 54.7 Å². The van der Waals surface area contributed by atoms with Crippen LogP contribution in [-0.4, -0.2) is 29.3 Å². The number of para-hydroxylation sites is 1. The van der Waals surface area contributed by atoms with E-state index in [0.717, 1.165) is 23.0 Å². The van der Waals surface area contributed by atoms with Gasteiger partial charge in [0.05, 0.1) is 5.56 Å². The molecule has 4 rings (SSSR count). The van der Waals surface area contributed by atoms with Gasteiger partial charge in [-0.15, -0.1) is 0 Å². The smallest absolute Gasteiger partial charge is 0.271 e. The van der Waals surface area contributed by atoms with E-state index in [1.54, 1.807) is 35.4 Å². The first kappa shape index (κ1) is 16.8. The molecule has 0 saturated carbocycles. The van der Waals surface area contributed by atoms with Gasteiger partial charge in [-0.25, -0.2) is 0 Å². The average molecular weight is 362 g/mol. The first-order valence-corrected chi connectivity index (χ1v) is 8.71. The lowest BCUT2D eigenvalue weighted by molar-refractivity contribution is -0.117. The molecule has 3 amide bonds. The predicted molar refractivity (Wildman–Crippen MR) is 101 cm³/mol. The number of hydrogen-bond acceptors (Lipinski definition) is 3. The molecule has 27 heavy (non-hydrogen) atoms. The lowest BCUT2D eigenvalue weighted by Crippen LogP contribution is -2.41. The van der Waals surface area contributed by atoms with Crippen molar-refractivity contribution in [3.05, 3.63) is 65.9 Å². The minimum absolute atomic E-state index is 0.0955. The fourth-order valence-corrected chi connectivity index (χ4v) is 3.23. The number of H-pyrrole nitrogens is 1. The Hall–Kier alpha value is -3.61. The maximum atomic E-state index is 12.3. The molecule has 7 nitrogen and oxygen atoms in total. The minimum atomic E-state index is -0.428. The van der Waals surface area contributed by atoms with Crippen molar-refractivity contribution in [2.75, 3.05) is 11.4 Å². The standard InChI is InChI=1S/C20H18N4O3/c25-18-6-3-11-24(18)14-9-7-13(8-10-14)19(26)22-23-20(27)16-12-21-17-5-2-1-4-15(16)17/h1-2,4-5,7-10,12,21H,3,6,11H2,(H,22,26)(H,23,27). The summed E-state index contributed by atoms with van der Waals surface area (Å²) in [5.41, 5.74) is 7.31. The third kappa shape index (κ3) is 3.27. The molecule has 7 heteroatoms. The second-order valence-corrected chi connectivity index (χ2v) is 6.35. The Morgan fingerprint density at radius 2 is 1.70 bits per heavy atom. The number of amides is 3. The van der Waals surface area contributed by atoms with Crippen LogP contribution in [0.4, 0.5) is 5.69 Å². The van der Waals surface area contributed by atoms with E-state index in [0.29, 0.717) is 24.1 Å². The molecule has 0 bridgehead atoms. The largest absolute Gasteiger partial charge is 0.360 e. The maximum absolute atomic E-state index is 12.3. The van der Waals surface area contributed by atoms with Gasteiger partial charge in [0.25, 0.3) is 11.8 Å². The Balaban J connectivity index is 1.40. The van der Waals surface area contributed by atoms with Gasteiger partial charge in [0, 0.05) is 41.3 Å². The van der Waals surface area contributed by atoms with Crippen molar-refractivity contribution in [3.63, 3.8) is 0 Å². The Morgan fingerprint density at radius 3 is 2.44 bits per heavy atom. The van der Waals surface area contributed by atoms with Crippen molar-refractivity contribution in [2.45, 2.75) is 12.8 Å². The van der Waals surface area contributed by atoms with Crippen molar-refractivity contribution < 1.29 is 14.4 Å². The number of benzene rings is 2. The van der Waals surface area contributed by atoms with Crippen molar-refractivity contribution in [1.82, 2.24) is 15.8 Å². The topological polar surface area (TPSA) is 94.3 Å². The molecule has 2 aromatic carbocycles. The molecule has 2 heterocycles. The zero-order valence-corrected chi connectivity index (χ0v) is 14.5. The number of aromatic nitrogens is 1. The lowest BCUT2D eigenvalue weighted by Gasteiger charge is -2.15. The average Bonchev–Trinajstić information content (AvgIpc) is 3.32. The van der Waals surface area contributed by atoms with Gasteiger partial charge in [-0.2, -0.15) is 0 Å². The van der Waals surface area contributed by atoms with Gasteiger partial charge in [0.2, 0.25) is 5.91 Å². The highest BCUT2D eigenvalue weighted by Crippen LogP contribution is 2.21. The molecule has 3 N–H and O–H groups in total. The molecule has 0 atom stereocenters. The number of aromatic amines is 1.